The number of halogens is 1. The Hall–Kier alpha value is -1.64. The summed E-state index contributed by atoms with van der Waals surface area (Å²) >= 11 is 0. The standard InChI is InChI=1S/C12H15FN2O2/c13-11-2-3-12(10(8-11)9-14)15-4-1-6-17-7-5-16/h2-3,8,15-16H,1,4-7H2. The molecule has 0 fully saturated rings. The van der Waals surface area contributed by atoms with E-state index in [2.05, 4.69) is 5.32 Å². The van der Waals surface area contributed by atoms with E-state index >= 15 is 0 Å². The second kappa shape index (κ2) is 7.60. The van der Waals surface area contributed by atoms with E-state index in [-0.39, 0.29) is 6.61 Å². The van der Waals surface area contributed by atoms with Crippen LogP contribution in [0.15, 0.2) is 18.2 Å². The van der Waals surface area contributed by atoms with E-state index in [4.69, 9.17) is 15.1 Å². The number of ether oxygens (including phenoxy) is 1. The number of aliphatic hydroxyl groups excluding tert-OH is 1. The fourth-order valence-corrected chi connectivity index (χ4v) is 1.33. The van der Waals surface area contributed by atoms with Crippen LogP contribution in [0.4, 0.5) is 10.1 Å². The van der Waals surface area contributed by atoms with Crippen molar-refractivity contribution in [3.05, 3.63) is 29.6 Å². The third-order valence-electron chi connectivity index (χ3n) is 2.12. The summed E-state index contributed by atoms with van der Waals surface area (Å²) in [6.45, 7) is 1.52. The Morgan fingerprint density at radius 1 is 1.41 bits per heavy atom. The summed E-state index contributed by atoms with van der Waals surface area (Å²) < 4.78 is 17.9. The van der Waals surface area contributed by atoms with Crippen LogP contribution in [0.3, 0.4) is 0 Å². The van der Waals surface area contributed by atoms with Crippen LogP contribution in [-0.2, 0) is 4.74 Å². The van der Waals surface area contributed by atoms with Crippen LogP contribution in [0.2, 0.25) is 0 Å². The molecule has 0 aromatic heterocycles. The van der Waals surface area contributed by atoms with E-state index in [9.17, 15) is 4.39 Å². The number of rotatable bonds is 7. The van der Waals surface area contributed by atoms with Crippen LogP contribution < -0.4 is 5.32 Å². The fourth-order valence-electron chi connectivity index (χ4n) is 1.33. The number of aliphatic hydroxyl groups is 1. The van der Waals surface area contributed by atoms with Gasteiger partial charge < -0.3 is 15.2 Å². The zero-order chi connectivity index (χ0) is 12.5. The van der Waals surface area contributed by atoms with E-state index < -0.39 is 5.82 Å². The summed E-state index contributed by atoms with van der Waals surface area (Å²) in [5, 5.41) is 20.3. The van der Waals surface area contributed by atoms with Gasteiger partial charge in [0, 0.05) is 13.2 Å². The molecule has 0 saturated heterocycles. The first-order valence-corrected chi connectivity index (χ1v) is 5.40. The lowest BCUT2D eigenvalue weighted by molar-refractivity contribution is 0.0922. The molecule has 0 spiro atoms. The molecule has 92 valence electrons. The normalized spacial score (nSPS) is 9.94. The number of hydrogen-bond acceptors (Lipinski definition) is 4. The van der Waals surface area contributed by atoms with Gasteiger partial charge in [-0.3, -0.25) is 0 Å². The quantitative estimate of drug-likeness (QED) is 0.707. The number of nitrogens with zero attached hydrogens (tertiary/aromatic N) is 1. The van der Waals surface area contributed by atoms with Crippen molar-refractivity contribution in [2.45, 2.75) is 6.42 Å². The zero-order valence-electron chi connectivity index (χ0n) is 9.45. The van der Waals surface area contributed by atoms with Crippen molar-refractivity contribution < 1.29 is 14.2 Å². The van der Waals surface area contributed by atoms with Crippen molar-refractivity contribution in [1.29, 1.82) is 5.26 Å². The van der Waals surface area contributed by atoms with Gasteiger partial charge in [0.1, 0.15) is 11.9 Å². The zero-order valence-corrected chi connectivity index (χ0v) is 9.45. The smallest absolute Gasteiger partial charge is 0.124 e. The van der Waals surface area contributed by atoms with Crippen LogP contribution in [0.25, 0.3) is 0 Å². The van der Waals surface area contributed by atoms with Crippen molar-refractivity contribution in [1.82, 2.24) is 0 Å². The molecule has 0 heterocycles. The highest BCUT2D eigenvalue weighted by Crippen LogP contribution is 2.15. The average Bonchev–Trinajstić information content (AvgIpc) is 2.35. The van der Waals surface area contributed by atoms with Gasteiger partial charge >= 0.3 is 0 Å². The lowest BCUT2D eigenvalue weighted by Gasteiger charge is -2.08. The SMILES string of the molecule is N#Cc1cc(F)ccc1NCCCOCCO. The molecule has 0 aliphatic rings. The Labute approximate surface area is 99.6 Å². The summed E-state index contributed by atoms with van der Waals surface area (Å²) in [6, 6.07) is 5.98. The Kier molecular flexibility index (Phi) is 6.00. The lowest BCUT2D eigenvalue weighted by Crippen LogP contribution is -2.08. The Morgan fingerprint density at radius 3 is 2.94 bits per heavy atom. The molecule has 0 amide bonds. The molecule has 1 aromatic carbocycles. The van der Waals surface area contributed by atoms with Crippen LogP contribution in [-0.4, -0.2) is 31.5 Å². The van der Waals surface area contributed by atoms with Gasteiger partial charge in [-0.15, -0.1) is 0 Å². The van der Waals surface area contributed by atoms with Gasteiger partial charge in [0.2, 0.25) is 0 Å². The molecule has 0 radical (unpaired) electrons. The predicted octanol–water partition coefficient (Wildman–Crippen LogP) is 1.51. The number of hydrogen-bond donors (Lipinski definition) is 2. The van der Waals surface area contributed by atoms with Crippen molar-refractivity contribution in [3.8, 4) is 6.07 Å². The molecule has 1 rings (SSSR count). The number of nitrogens with one attached hydrogen (secondary N) is 1. The molecule has 0 atom stereocenters. The third-order valence-corrected chi connectivity index (χ3v) is 2.12. The first-order valence-electron chi connectivity index (χ1n) is 5.40. The summed E-state index contributed by atoms with van der Waals surface area (Å²) in [5.74, 6) is -0.418. The van der Waals surface area contributed by atoms with Crippen LogP contribution in [0.5, 0.6) is 0 Å². The summed E-state index contributed by atoms with van der Waals surface area (Å²) in [7, 11) is 0. The first-order chi connectivity index (χ1) is 8.27. The maximum Gasteiger partial charge on any atom is 0.124 e. The highest BCUT2D eigenvalue weighted by Gasteiger charge is 2.02. The monoisotopic (exact) mass is 238 g/mol. The van der Waals surface area contributed by atoms with Gasteiger partial charge in [0.25, 0.3) is 0 Å². The largest absolute Gasteiger partial charge is 0.394 e. The van der Waals surface area contributed by atoms with Crippen LogP contribution in [0, 0.1) is 17.1 Å². The van der Waals surface area contributed by atoms with Gasteiger partial charge in [0.05, 0.1) is 24.5 Å². The molecule has 0 bridgehead atoms. The van der Waals surface area contributed by atoms with Gasteiger partial charge in [0.15, 0.2) is 0 Å². The fraction of sp³-hybridized carbons (Fsp3) is 0.417. The summed E-state index contributed by atoms with van der Waals surface area (Å²) in [4.78, 5) is 0. The molecule has 0 aliphatic carbocycles. The predicted molar refractivity (Wildman–Crippen MR) is 62.1 cm³/mol. The first kappa shape index (κ1) is 13.4. The molecule has 2 N–H and O–H groups in total. The van der Waals surface area contributed by atoms with Crippen LogP contribution in [0.1, 0.15) is 12.0 Å². The van der Waals surface area contributed by atoms with E-state index in [0.29, 0.717) is 31.0 Å². The minimum atomic E-state index is -0.418. The maximum atomic E-state index is 12.8. The van der Waals surface area contributed by atoms with E-state index in [0.717, 1.165) is 6.42 Å². The van der Waals surface area contributed by atoms with Gasteiger partial charge in [-0.25, -0.2) is 4.39 Å². The Bertz CT molecular complexity index is 391. The maximum absolute atomic E-state index is 12.8. The van der Waals surface area contributed by atoms with E-state index in [1.807, 2.05) is 6.07 Å². The minimum Gasteiger partial charge on any atom is -0.394 e. The van der Waals surface area contributed by atoms with Crippen molar-refractivity contribution in [2.75, 3.05) is 31.7 Å². The highest BCUT2D eigenvalue weighted by molar-refractivity contribution is 5.57. The minimum absolute atomic E-state index is 0.0178. The molecule has 5 heteroatoms. The topological polar surface area (TPSA) is 65.3 Å². The molecule has 0 aliphatic heterocycles. The number of benzene rings is 1. The molecule has 0 saturated carbocycles. The van der Waals surface area contributed by atoms with E-state index in [1.165, 1.54) is 12.1 Å². The molecule has 0 unspecified atom stereocenters. The molecular formula is C12H15FN2O2. The number of nitriles is 1. The summed E-state index contributed by atoms with van der Waals surface area (Å²) in [6.07, 6.45) is 0.752. The van der Waals surface area contributed by atoms with Crippen molar-refractivity contribution in [3.63, 3.8) is 0 Å². The average molecular weight is 238 g/mol. The Balaban J connectivity index is 2.34. The third kappa shape index (κ3) is 4.81. The van der Waals surface area contributed by atoms with E-state index in [1.54, 1.807) is 6.07 Å². The van der Waals surface area contributed by atoms with Crippen LogP contribution >= 0.6 is 0 Å². The highest BCUT2D eigenvalue weighted by atomic mass is 19.1. The summed E-state index contributed by atoms with van der Waals surface area (Å²) in [5.41, 5.74) is 0.914. The van der Waals surface area contributed by atoms with Crippen molar-refractivity contribution >= 4 is 5.69 Å². The lowest BCUT2D eigenvalue weighted by atomic mass is 10.2. The second-order valence-corrected chi connectivity index (χ2v) is 3.42. The molecule has 1 aromatic rings. The van der Waals surface area contributed by atoms with Gasteiger partial charge in [-0.2, -0.15) is 5.26 Å². The second-order valence-electron chi connectivity index (χ2n) is 3.42. The molecule has 4 nitrogen and oxygen atoms in total. The van der Waals surface area contributed by atoms with Gasteiger partial charge in [-0.05, 0) is 24.6 Å². The van der Waals surface area contributed by atoms with Crippen molar-refractivity contribution in [2.24, 2.45) is 0 Å². The Morgan fingerprint density at radius 2 is 2.24 bits per heavy atom. The number of anilines is 1. The molecule has 17 heavy (non-hydrogen) atoms. The van der Waals surface area contributed by atoms with Gasteiger partial charge in [-0.1, -0.05) is 0 Å². The molecular weight excluding hydrogens is 223 g/mol.